The number of anilines is 2. The molecule has 0 heterocycles. The van der Waals surface area contributed by atoms with Crippen molar-refractivity contribution in [2.75, 3.05) is 10.6 Å². The number of hydrogen-bond donors (Lipinski definition) is 2. The summed E-state index contributed by atoms with van der Waals surface area (Å²) < 4.78 is 0. The third-order valence-electron chi connectivity index (χ3n) is 4.13. The Labute approximate surface area is 139 Å². The Bertz CT molecular complexity index is 708. The first-order valence-corrected chi connectivity index (χ1v) is 7.84. The van der Waals surface area contributed by atoms with Crippen molar-refractivity contribution in [3.63, 3.8) is 0 Å². The van der Waals surface area contributed by atoms with Crippen molar-refractivity contribution >= 4 is 34.8 Å². The number of halogens is 1. The van der Waals surface area contributed by atoms with Crippen LogP contribution in [0.1, 0.15) is 18.4 Å². The molecule has 2 amide bonds. The first-order chi connectivity index (χ1) is 11.0. The van der Waals surface area contributed by atoms with Crippen molar-refractivity contribution in [1.29, 1.82) is 0 Å². The zero-order valence-electron chi connectivity index (χ0n) is 12.7. The molecule has 2 N–H and O–H groups in total. The molecular weight excluding hydrogens is 312 g/mol. The Morgan fingerprint density at radius 1 is 0.913 bits per heavy atom. The van der Waals surface area contributed by atoms with Crippen LogP contribution < -0.4 is 10.6 Å². The molecule has 1 aliphatic rings. The highest BCUT2D eigenvalue weighted by molar-refractivity contribution is 6.34. The molecule has 3 rings (SSSR count). The maximum Gasteiger partial charge on any atom is 0.240 e. The molecular formula is C18H17ClN2O2. The minimum absolute atomic E-state index is 0.267. The lowest BCUT2D eigenvalue weighted by Crippen LogP contribution is -2.35. The van der Waals surface area contributed by atoms with Gasteiger partial charge in [-0.2, -0.15) is 0 Å². The smallest absolute Gasteiger partial charge is 0.240 e. The third-order valence-corrected chi connectivity index (χ3v) is 4.46. The van der Waals surface area contributed by atoms with Crippen LogP contribution in [-0.4, -0.2) is 11.8 Å². The van der Waals surface area contributed by atoms with E-state index in [0.29, 0.717) is 23.6 Å². The fourth-order valence-corrected chi connectivity index (χ4v) is 2.62. The van der Waals surface area contributed by atoms with E-state index in [9.17, 15) is 9.59 Å². The summed E-state index contributed by atoms with van der Waals surface area (Å²) in [5, 5.41) is 6.08. The number of para-hydroxylation sites is 2. The molecule has 4 nitrogen and oxygen atoms in total. The molecule has 0 spiro atoms. The van der Waals surface area contributed by atoms with Crippen molar-refractivity contribution in [2.45, 2.75) is 19.8 Å². The molecule has 1 saturated carbocycles. The molecule has 118 valence electrons. The highest BCUT2D eigenvalue weighted by Gasteiger charge is 2.56. The van der Waals surface area contributed by atoms with Crippen LogP contribution in [-0.2, 0) is 9.59 Å². The van der Waals surface area contributed by atoms with E-state index in [2.05, 4.69) is 10.6 Å². The van der Waals surface area contributed by atoms with Crippen molar-refractivity contribution in [3.8, 4) is 0 Å². The van der Waals surface area contributed by atoms with Gasteiger partial charge in [0.05, 0.1) is 10.7 Å². The lowest BCUT2D eigenvalue weighted by molar-refractivity contribution is -0.131. The minimum Gasteiger partial charge on any atom is -0.325 e. The molecule has 0 atom stereocenters. The molecule has 5 heteroatoms. The summed E-state index contributed by atoms with van der Waals surface area (Å²) in [5.41, 5.74) is 1.22. The molecule has 0 aliphatic heterocycles. The highest BCUT2D eigenvalue weighted by atomic mass is 35.5. The van der Waals surface area contributed by atoms with Crippen LogP contribution in [0, 0.1) is 12.3 Å². The van der Waals surface area contributed by atoms with E-state index >= 15 is 0 Å². The van der Waals surface area contributed by atoms with Gasteiger partial charge in [0.25, 0.3) is 0 Å². The summed E-state index contributed by atoms with van der Waals surface area (Å²) in [4.78, 5) is 25.1. The van der Waals surface area contributed by atoms with Crippen LogP contribution in [0.3, 0.4) is 0 Å². The minimum atomic E-state index is -0.999. The lowest BCUT2D eigenvalue weighted by Gasteiger charge is -2.17. The topological polar surface area (TPSA) is 58.2 Å². The maximum atomic E-state index is 12.6. The van der Waals surface area contributed by atoms with Crippen LogP contribution in [0.2, 0.25) is 5.02 Å². The molecule has 0 bridgehead atoms. The van der Waals surface area contributed by atoms with E-state index < -0.39 is 5.41 Å². The highest BCUT2D eigenvalue weighted by Crippen LogP contribution is 2.47. The summed E-state index contributed by atoms with van der Waals surface area (Å²) in [6.45, 7) is 1.92. The van der Waals surface area contributed by atoms with E-state index in [1.807, 2.05) is 31.2 Å². The number of aryl methyl sites for hydroxylation is 1. The SMILES string of the molecule is Cc1ccccc1NC(=O)C1(C(=O)Nc2ccccc2Cl)CC1. The molecule has 0 unspecified atom stereocenters. The van der Waals surface area contributed by atoms with Gasteiger partial charge in [-0.25, -0.2) is 0 Å². The lowest BCUT2D eigenvalue weighted by atomic mass is 10.0. The van der Waals surface area contributed by atoms with Gasteiger partial charge in [-0.1, -0.05) is 41.9 Å². The Hall–Kier alpha value is -2.33. The summed E-state index contributed by atoms with van der Waals surface area (Å²) in [6.07, 6.45) is 1.09. The largest absolute Gasteiger partial charge is 0.325 e. The molecule has 1 aliphatic carbocycles. The molecule has 2 aromatic rings. The predicted molar refractivity (Wildman–Crippen MR) is 91.6 cm³/mol. The second kappa shape index (κ2) is 6.05. The average Bonchev–Trinajstić information content (AvgIpc) is 3.34. The molecule has 0 aromatic heterocycles. The van der Waals surface area contributed by atoms with E-state index in [-0.39, 0.29) is 11.8 Å². The summed E-state index contributed by atoms with van der Waals surface area (Å²) in [5.74, 6) is -0.576. The van der Waals surface area contributed by atoms with E-state index in [1.54, 1.807) is 24.3 Å². The van der Waals surface area contributed by atoms with Crippen LogP contribution >= 0.6 is 11.6 Å². The van der Waals surface area contributed by atoms with Crippen molar-refractivity contribution < 1.29 is 9.59 Å². The quantitative estimate of drug-likeness (QED) is 0.833. The summed E-state index contributed by atoms with van der Waals surface area (Å²) in [7, 11) is 0. The Balaban J connectivity index is 1.74. The number of nitrogens with one attached hydrogen (secondary N) is 2. The fourth-order valence-electron chi connectivity index (χ4n) is 2.44. The molecule has 1 fully saturated rings. The number of carbonyl (C=O) groups is 2. The monoisotopic (exact) mass is 328 g/mol. The predicted octanol–water partition coefficient (Wildman–Crippen LogP) is 4.01. The fraction of sp³-hybridized carbons (Fsp3) is 0.222. The molecule has 2 aromatic carbocycles. The summed E-state index contributed by atoms with van der Waals surface area (Å²) in [6, 6.07) is 14.5. The van der Waals surface area contributed by atoms with Gasteiger partial charge in [0.2, 0.25) is 11.8 Å². The van der Waals surface area contributed by atoms with E-state index in [4.69, 9.17) is 11.6 Å². The first kappa shape index (κ1) is 15.6. The average molecular weight is 329 g/mol. The van der Waals surface area contributed by atoms with Crippen LogP contribution in [0.5, 0.6) is 0 Å². The van der Waals surface area contributed by atoms with Crippen LogP contribution in [0.4, 0.5) is 11.4 Å². The van der Waals surface area contributed by atoms with Crippen molar-refractivity contribution in [1.82, 2.24) is 0 Å². The van der Waals surface area contributed by atoms with Gasteiger partial charge in [0, 0.05) is 5.69 Å². The number of benzene rings is 2. The van der Waals surface area contributed by atoms with Crippen molar-refractivity contribution in [3.05, 3.63) is 59.1 Å². The number of amides is 2. The van der Waals surface area contributed by atoms with Gasteiger partial charge in [-0.15, -0.1) is 0 Å². The number of carbonyl (C=O) groups excluding carboxylic acids is 2. The van der Waals surface area contributed by atoms with Gasteiger partial charge < -0.3 is 10.6 Å². The second-order valence-electron chi connectivity index (χ2n) is 5.79. The van der Waals surface area contributed by atoms with Crippen molar-refractivity contribution in [2.24, 2.45) is 5.41 Å². The zero-order chi connectivity index (χ0) is 16.4. The van der Waals surface area contributed by atoms with Gasteiger partial charge >= 0.3 is 0 Å². The Morgan fingerprint density at radius 3 is 2.00 bits per heavy atom. The van der Waals surface area contributed by atoms with Gasteiger partial charge in [0.15, 0.2) is 0 Å². The van der Waals surface area contributed by atoms with E-state index in [0.717, 1.165) is 11.3 Å². The van der Waals surface area contributed by atoms with Gasteiger partial charge in [0.1, 0.15) is 5.41 Å². The maximum absolute atomic E-state index is 12.6. The van der Waals surface area contributed by atoms with E-state index in [1.165, 1.54) is 0 Å². The normalized spacial score (nSPS) is 14.9. The van der Waals surface area contributed by atoms with Gasteiger partial charge in [-0.05, 0) is 43.5 Å². The second-order valence-corrected chi connectivity index (χ2v) is 6.19. The molecule has 23 heavy (non-hydrogen) atoms. The third kappa shape index (κ3) is 3.08. The summed E-state index contributed by atoms with van der Waals surface area (Å²) >= 11 is 6.05. The standard InChI is InChI=1S/C18H17ClN2O2/c1-12-6-2-4-8-14(12)20-16(22)18(10-11-18)17(23)21-15-9-5-3-7-13(15)19/h2-9H,10-11H2,1H3,(H,20,22)(H,21,23). The van der Waals surface area contributed by atoms with Crippen LogP contribution in [0.25, 0.3) is 0 Å². The Morgan fingerprint density at radius 2 is 1.43 bits per heavy atom. The zero-order valence-corrected chi connectivity index (χ0v) is 13.5. The van der Waals surface area contributed by atoms with Crippen LogP contribution in [0.15, 0.2) is 48.5 Å². The number of hydrogen-bond acceptors (Lipinski definition) is 2. The molecule has 0 radical (unpaired) electrons. The molecule has 0 saturated heterocycles. The van der Waals surface area contributed by atoms with Gasteiger partial charge in [-0.3, -0.25) is 9.59 Å². The Kier molecular flexibility index (Phi) is 4.09. The first-order valence-electron chi connectivity index (χ1n) is 7.46. The number of rotatable bonds is 4.